The van der Waals surface area contributed by atoms with Crippen LogP contribution in [0.4, 0.5) is 0 Å². The average Bonchev–Trinajstić information content (AvgIpc) is 3.29. The Morgan fingerprint density at radius 1 is 1.07 bits per heavy atom. The van der Waals surface area contributed by atoms with E-state index < -0.39 is 0 Å². The van der Waals surface area contributed by atoms with E-state index in [0.717, 1.165) is 37.9 Å². The molecule has 0 aliphatic carbocycles. The number of aliphatic imine (C=N–C) groups is 1. The molecule has 1 aromatic rings. The molecule has 2 saturated heterocycles. The van der Waals surface area contributed by atoms with Crippen LogP contribution in [0.25, 0.3) is 0 Å². The van der Waals surface area contributed by atoms with Gasteiger partial charge < -0.3 is 24.9 Å². The van der Waals surface area contributed by atoms with Crippen molar-refractivity contribution in [3.05, 3.63) is 24.2 Å². The number of guanidine groups is 1. The van der Waals surface area contributed by atoms with Gasteiger partial charge >= 0.3 is 0 Å². The van der Waals surface area contributed by atoms with Crippen molar-refractivity contribution >= 4 is 29.9 Å². The first-order chi connectivity index (χ1) is 14.3. The van der Waals surface area contributed by atoms with E-state index in [0.29, 0.717) is 0 Å². The van der Waals surface area contributed by atoms with E-state index in [4.69, 9.17) is 4.42 Å². The monoisotopic (exact) mass is 532 g/mol. The van der Waals surface area contributed by atoms with Crippen molar-refractivity contribution in [2.75, 3.05) is 73.0 Å². The predicted octanol–water partition coefficient (Wildman–Crippen LogP) is 2.62. The second kappa shape index (κ2) is 14.3. The highest BCUT2D eigenvalue weighted by atomic mass is 127. The number of piperidine rings is 1. The SMILES string of the molecule is CN=C(NCCCCN1CCN(C)CC1)NCC(c1ccco1)N1CCCCC1.I. The smallest absolute Gasteiger partial charge is 0.191 e. The Hall–Kier alpha value is -0.840. The summed E-state index contributed by atoms with van der Waals surface area (Å²) in [4.78, 5) is 11.9. The molecule has 1 atom stereocenters. The summed E-state index contributed by atoms with van der Waals surface area (Å²) in [6, 6.07) is 4.34. The number of piperazine rings is 1. The molecule has 0 amide bonds. The lowest BCUT2D eigenvalue weighted by atomic mass is 10.1. The molecule has 2 fully saturated rings. The van der Waals surface area contributed by atoms with Gasteiger partial charge in [0.25, 0.3) is 0 Å². The molecule has 2 N–H and O–H groups in total. The van der Waals surface area contributed by atoms with Crippen LogP contribution in [0.1, 0.15) is 43.9 Å². The molecule has 0 bridgehead atoms. The summed E-state index contributed by atoms with van der Waals surface area (Å²) in [5.74, 6) is 1.93. The van der Waals surface area contributed by atoms with Gasteiger partial charge in [-0.05, 0) is 64.5 Å². The normalized spacial score (nSPS) is 20.5. The van der Waals surface area contributed by atoms with Crippen LogP contribution in [-0.2, 0) is 0 Å². The lowest BCUT2D eigenvalue weighted by molar-refractivity contribution is 0.146. The minimum Gasteiger partial charge on any atom is -0.468 e. The summed E-state index contributed by atoms with van der Waals surface area (Å²) in [7, 11) is 4.06. The topological polar surface area (TPSA) is 59.3 Å². The zero-order valence-corrected chi connectivity index (χ0v) is 21.1. The number of unbranched alkanes of at least 4 members (excludes halogenated alkanes) is 1. The van der Waals surface area contributed by atoms with Crippen molar-refractivity contribution in [3.63, 3.8) is 0 Å². The second-order valence-electron chi connectivity index (χ2n) is 8.36. The second-order valence-corrected chi connectivity index (χ2v) is 8.36. The zero-order valence-electron chi connectivity index (χ0n) is 18.8. The number of likely N-dealkylation sites (tertiary alicyclic amines) is 1. The van der Waals surface area contributed by atoms with Crippen LogP contribution in [-0.4, -0.2) is 93.7 Å². The first kappa shape index (κ1) is 25.4. The Morgan fingerprint density at radius 3 is 2.50 bits per heavy atom. The van der Waals surface area contributed by atoms with Gasteiger partial charge in [0, 0.05) is 46.3 Å². The molecule has 7 nitrogen and oxygen atoms in total. The molecular weight excluding hydrogens is 491 g/mol. The van der Waals surface area contributed by atoms with Gasteiger partial charge in [0.05, 0.1) is 12.3 Å². The highest BCUT2D eigenvalue weighted by molar-refractivity contribution is 14.0. The third-order valence-corrected chi connectivity index (χ3v) is 6.18. The van der Waals surface area contributed by atoms with Crippen LogP contribution in [0.5, 0.6) is 0 Å². The number of likely N-dealkylation sites (N-methyl/N-ethyl adjacent to an activating group) is 1. The van der Waals surface area contributed by atoms with Crippen LogP contribution in [0.3, 0.4) is 0 Å². The Bertz CT molecular complexity index is 582. The number of nitrogens with one attached hydrogen (secondary N) is 2. The maximum absolute atomic E-state index is 5.74. The summed E-state index contributed by atoms with van der Waals surface area (Å²) < 4.78 is 5.74. The Morgan fingerprint density at radius 2 is 1.83 bits per heavy atom. The van der Waals surface area contributed by atoms with Gasteiger partial charge in [-0.2, -0.15) is 0 Å². The number of hydrogen-bond acceptors (Lipinski definition) is 5. The highest BCUT2D eigenvalue weighted by Gasteiger charge is 2.24. The number of rotatable bonds is 9. The lowest BCUT2D eigenvalue weighted by Crippen LogP contribution is -2.45. The van der Waals surface area contributed by atoms with Crippen LogP contribution >= 0.6 is 24.0 Å². The van der Waals surface area contributed by atoms with Crippen molar-refractivity contribution in [2.45, 2.75) is 38.1 Å². The Balaban J connectivity index is 0.00000320. The van der Waals surface area contributed by atoms with Gasteiger partial charge in [-0.1, -0.05) is 6.42 Å². The van der Waals surface area contributed by atoms with Crippen LogP contribution in [0.15, 0.2) is 27.8 Å². The summed E-state index contributed by atoms with van der Waals surface area (Å²) in [5, 5.41) is 7.00. The summed E-state index contributed by atoms with van der Waals surface area (Å²) in [6.45, 7) is 10.1. The number of hydrogen-bond donors (Lipinski definition) is 2. The van der Waals surface area contributed by atoms with Crippen molar-refractivity contribution in [1.29, 1.82) is 0 Å². The van der Waals surface area contributed by atoms with E-state index in [2.05, 4.69) is 43.4 Å². The highest BCUT2D eigenvalue weighted by Crippen LogP contribution is 2.24. The largest absolute Gasteiger partial charge is 0.468 e. The molecule has 0 saturated carbocycles. The molecule has 30 heavy (non-hydrogen) atoms. The van der Waals surface area contributed by atoms with Crippen LogP contribution in [0, 0.1) is 0 Å². The predicted molar refractivity (Wildman–Crippen MR) is 135 cm³/mol. The molecule has 0 aromatic carbocycles. The van der Waals surface area contributed by atoms with E-state index in [9.17, 15) is 0 Å². The fraction of sp³-hybridized carbons (Fsp3) is 0.773. The number of furan rings is 1. The molecule has 0 radical (unpaired) electrons. The molecule has 0 spiro atoms. The van der Waals surface area contributed by atoms with Crippen molar-refractivity contribution in [3.8, 4) is 0 Å². The quantitative estimate of drug-likeness (QED) is 0.221. The van der Waals surface area contributed by atoms with Crippen LogP contribution in [0.2, 0.25) is 0 Å². The van der Waals surface area contributed by atoms with E-state index in [1.807, 2.05) is 13.1 Å². The van der Waals surface area contributed by atoms with Gasteiger partial charge in [0.2, 0.25) is 0 Å². The average molecular weight is 533 g/mol. The lowest BCUT2D eigenvalue weighted by Gasteiger charge is -2.33. The molecular formula is C22H41IN6O. The molecule has 172 valence electrons. The fourth-order valence-electron chi connectivity index (χ4n) is 4.27. The van der Waals surface area contributed by atoms with Crippen molar-refractivity contribution < 1.29 is 4.42 Å². The van der Waals surface area contributed by atoms with E-state index >= 15 is 0 Å². The zero-order chi connectivity index (χ0) is 20.3. The van der Waals surface area contributed by atoms with E-state index in [1.54, 1.807) is 6.26 Å². The number of halogens is 1. The summed E-state index contributed by atoms with van der Waals surface area (Å²) in [6.07, 6.45) is 8.07. The maximum Gasteiger partial charge on any atom is 0.191 e. The maximum atomic E-state index is 5.74. The van der Waals surface area contributed by atoms with Gasteiger partial charge in [-0.3, -0.25) is 9.89 Å². The van der Waals surface area contributed by atoms with Crippen molar-refractivity contribution in [1.82, 2.24) is 25.3 Å². The Labute approximate surface area is 199 Å². The Kier molecular flexibility index (Phi) is 12.1. The molecule has 3 heterocycles. The van der Waals surface area contributed by atoms with Gasteiger partial charge in [0.15, 0.2) is 5.96 Å². The fourth-order valence-corrected chi connectivity index (χ4v) is 4.27. The van der Waals surface area contributed by atoms with Gasteiger partial charge in [-0.25, -0.2) is 0 Å². The minimum absolute atomic E-state index is 0. The van der Waals surface area contributed by atoms with E-state index in [1.165, 1.54) is 64.8 Å². The van der Waals surface area contributed by atoms with Gasteiger partial charge in [0.1, 0.15) is 5.76 Å². The molecule has 2 aliphatic rings. The van der Waals surface area contributed by atoms with Crippen molar-refractivity contribution in [2.24, 2.45) is 4.99 Å². The first-order valence-electron chi connectivity index (χ1n) is 11.4. The van der Waals surface area contributed by atoms with Crippen LogP contribution < -0.4 is 10.6 Å². The summed E-state index contributed by atoms with van der Waals surface area (Å²) in [5.41, 5.74) is 0. The molecule has 8 heteroatoms. The standard InChI is InChI=1S/C22H40N6O.HI/c1-23-22(24-10-4-7-11-27-16-14-26(2)15-17-27)25-19-20(21-9-8-18-29-21)28-12-5-3-6-13-28;/h8-9,18,20H,3-7,10-17,19H2,1-2H3,(H2,23,24,25);1H. The molecule has 1 unspecified atom stereocenters. The molecule has 2 aliphatic heterocycles. The third-order valence-electron chi connectivity index (χ3n) is 6.18. The first-order valence-corrected chi connectivity index (χ1v) is 11.4. The van der Waals surface area contributed by atoms with Gasteiger partial charge in [-0.15, -0.1) is 24.0 Å². The van der Waals surface area contributed by atoms with E-state index in [-0.39, 0.29) is 30.0 Å². The summed E-state index contributed by atoms with van der Waals surface area (Å²) >= 11 is 0. The molecule has 3 rings (SSSR count). The minimum atomic E-state index is 0. The molecule has 1 aromatic heterocycles. The number of nitrogens with zero attached hydrogens (tertiary/aromatic N) is 4. The third kappa shape index (κ3) is 8.36.